The summed E-state index contributed by atoms with van der Waals surface area (Å²) < 4.78 is 0. The molecule has 0 aliphatic rings. The monoisotopic (exact) mass is 193 g/mol. The number of nitrogens with one attached hydrogen (secondary N) is 1. The predicted molar refractivity (Wildman–Crippen MR) is 59.5 cm³/mol. The van der Waals surface area contributed by atoms with Gasteiger partial charge in [0.2, 0.25) is 5.91 Å². The summed E-state index contributed by atoms with van der Waals surface area (Å²) in [6.45, 7) is 1.47. The molecule has 3 N–H and O–H groups in total. The van der Waals surface area contributed by atoms with Crippen molar-refractivity contribution in [2.75, 3.05) is 30.0 Å². The van der Waals surface area contributed by atoms with Crippen LogP contribution in [0.3, 0.4) is 0 Å². The van der Waals surface area contributed by atoms with E-state index < -0.39 is 0 Å². The molecule has 0 radical (unpaired) electrons. The molecule has 76 valence electrons. The molecule has 0 saturated carbocycles. The number of carbonyl (C=O) groups excluding carboxylic acids is 1. The molecule has 0 bridgehead atoms. The molecule has 0 aliphatic carbocycles. The molecule has 1 amide bonds. The van der Waals surface area contributed by atoms with Crippen LogP contribution in [0.5, 0.6) is 0 Å². The molecule has 1 aromatic rings. The molecular weight excluding hydrogens is 178 g/mol. The van der Waals surface area contributed by atoms with Crippen molar-refractivity contribution < 1.29 is 4.79 Å². The minimum Gasteiger partial charge on any atom is -0.397 e. The van der Waals surface area contributed by atoms with Gasteiger partial charge in [0.15, 0.2) is 0 Å². The predicted octanol–water partition coefficient (Wildman–Crippen LogP) is 1.29. The zero-order valence-electron chi connectivity index (χ0n) is 8.66. The molecule has 1 aromatic carbocycles. The summed E-state index contributed by atoms with van der Waals surface area (Å²) in [6.07, 6.45) is 0. The number of amides is 1. The zero-order chi connectivity index (χ0) is 10.7. The van der Waals surface area contributed by atoms with Gasteiger partial charge in [-0.15, -0.1) is 0 Å². The van der Waals surface area contributed by atoms with E-state index in [1.165, 1.54) is 6.92 Å². The quantitative estimate of drug-likeness (QED) is 0.696. The normalized spacial score (nSPS) is 9.64. The fraction of sp³-hybridized carbons (Fsp3) is 0.300. The van der Waals surface area contributed by atoms with Crippen molar-refractivity contribution in [2.24, 2.45) is 0 Å². The molecule has 0 saturated heterocycles. The number of nitrogen functional groups attached to an aromatic ring is 1. The Kier molecular flexibility index (Phi) is 2.96. The van der Waals surface area contributed by atoms with E-state index >= 15 is 0 Å². The van der Waals surface area contributed by atoms with E-state index in [1.807, 2.05) is 31.1 Å². The van der Waals surface area contributed by atoms with E-state index in [0.29, 0.717) is 5.69 Å². The standard InChI is InChI=1S/C10H15N3O/c1-7(14)12-8-4-5-10(13(2)3)9(11)6-8/h4-6H,11H2,1-3H3,(H,12,14). The average molecular weight is 193 g/mol. The minimum absolute atomic E-state index is 0.0954. The van der Waals surface area contributed by atoms with Crippen LogP contribution in [-0.4, -0.2) is 20.0 Å². The lowest BCUT2D eigenvalue weighted by Crippen LogP contribution is -2.12. The van der Waals surface area contributed by atoms with Crippen LogP contribution in [0.1, 0.15) is 6.92 Å². The van der Waals surface area contributed by atoms with E-state index in [2.05, 4.69) is 5.32 Å². The van der Waals surface area contributed by atoms with Crippen LogP contribution in [0, 0.1) is 0 Å². The first-order chi connectivity index (χ1) is 6.50. The number of nitrogens with zero attached hydrogens (tertiary/aromatic N) is 1. The summed E-state index contributed by atoms with van der Waals surface area (Å²) >= 11 is 0. The third-order valence-corrected chi connectivity index (χ3v) is 1.83. The van der Waals surface area contributed by atoms with Gasteiger partial charge in [0.1, 0.15) is 0 Å². The number of hydrogen-bond acceptors (Lipinski definition) is 3. The summed E-state index contributed by atoms with van der Waals surface area (Å²) in [5.74, 6) is -0.0954. The van der Waals surface area contributed by atoms with E-state index in [0.717, 1.165) is 11.4 Å². The molecule has 0 aliphatic heterocycles. The van der Waals surface area contributed by atoms with Crippen LogP contribution in [0.2, 0.25) is 0 Å². The van der Waals surface area contributed by atoms with E-state index in [-0.39, 0.29) is 5.91 Å². The van der Waals surface area contributed by atoms with Crippen LogP contribution < -0.4 is 16.0 Å². The second-order valence-electron chi connectivity index (χ2n) is 3.35. The number of nitrogens with two attached hydrogens (primary N) is 1. The first-order valence-electron chi connectivity index (χ1n) is 4.35. The number of hydrogen-bond donors (Lipinski definition) is 2. The smallest absolute Gasteiger partial charge is 0.221 e. The Hall–Kier alpha value is -1.71. The number of rotatable bonds is 2. The molecule has 4 heteroatoms. The molecule has 14 heavy (non-hydrogen) atoms. The molecule has 0 spiro atoms. The first kappa shape index (κ1) is 10.4. The highest BCUT2D eigenvalue weighted by Gasteiger charge is 2.02. The maximum atomic E-state index is 10.8. The summed E-state index contributed by atoms with van der Waals surface area (Å²) in [5, 5.41) is 2.67. The fourth-order valence-corrected chi connectivity index (χ4v) is 1.24. The molecule has 1 rings (SSSR count). The van der Waals surface area contributed by atoms with Gasteiger partial charge in [-0.1, -0.05) is 0 Å². The highest BCUT2D eigenvalue weighted by Crippen LogP contribution is 2.24. The van der Waals surface area contributed by atoms with Gasteiger partial charge in [0, 0.05) is 26.7 Å². The van der Waals surface area contributed by atoms with Crippen molar-refractivity contribution in [1.82, 2.24) is 0 Å². The van der Waals surface area contributed by atoms with Gasteiger partial charge >= 0.3 is 0 Å². The SMILES string of the molecule is CC(=O)Nc1ccc(N(C)C)c(N)c1. The second kappa shape index (κ2) is 4.00. The second-order valence-corrected chi connectivity index (χ2v) is 3.35. The average Bonchev–Trinajstić information content (AvgIpc) is 2.01. The molecular formula is C10H15N3O. The molecule has 4 nitrogen and oxygen atoms in total. The number of carbonyl (C=O) groups is 1. The first-order valence-corrected chi connectivity index (χ1v) is 4.35. The van der Waals surface area contributed by atoms with Gasteiger partial charge in [0.25, 0.3) is 0 Å². The molecule has 0 unspecified atom stereocenters. The maximum absolute atomic E-state index is 10.8. The third-order valence-electron chi connectivity index (χ3n) is 1.83. The number of anilines is 3. The van der Waals surface area contributed by atoms with Gasteiger partial charge < -0.3 is 16.0 Å². The Morgan fingerprint density at radius 1 is 1.43 bits per heavy atom. The number of benzene rings is 1. The minimum atomic E-state index is -0.0954. The van der Waals surface area contributed by atoms with Crippen LogP contribution in [0.25, 0.3) is 0 Å². The molecule has 0 heterocycles. The van der Waals surface area contributed by atoms with Crippen LogP contribution in [0.15, 0.2) is 18.2 Å². The summed E-state index contributed by atoms with van der Waals surface area (Å²) in [6, 6.07) is 5.45. The van der Waals surface area contributed by atoms with E-state index in [4.69, 9.17) is 5.73 Å². The summed E-state index contributed by atoms with van der Waals surface area (Å²) in [7, 11) is 3.84. The van der Waals surface area contributed by atoms with Crippen LogP contribution in [-0.2, 0) is 4.79 Å². The van der Waals surface area contributed by atoms with Gasteiger partial charge in [-0.05, 0) is 18.2 Å². The largest absolute Gasteiger partial charge is 0.397 e. The third kappa shape index (κ3) is 2.39. The Bertz CT molecular complexity index is 347. The van der Waals surface area contributed by atoms with Gasteiger partial charge in [0.05, 0.1) is 11.4 Å². The van der Waals surface area contributed by atoms with E-state index in [9.17, 15) is 4.79 Å². The lowest BCUT2D eigenvalue weighted by molar-refractivity contribution is -0.114. The molecule has 0 aromatic heterocycles. The highest BCUT2D eigenvalue weighted by molar-refractivity contribution is 5.90. The Morgan fingerprint density at radius 2 is 2.07 bits per heavy atom. The van der Waals surface area contributed by atoms with Crippen molar-refractivity contribution in [3.63, 3.8) is 0 Å². The summed E-state index contributed by atoms with van der Waals surface area (Å²) in [5.41, 5.74) is 8.13. The Labute approximate surface area is 83.7 Å². The van der Waals surface area contributed by atoms with Crippen molar-refractivity contribution in [1.29, 1.82) is 0 Å². The Morgan fingerprint density at radius 3 is 2.50 bits per heavy atom. The molecule has 0 fully saturated rings. The van der Waals surface area contributed by atoms with Gasteiger partial charge in [-0.3, -0.25) is 4.79 Å². The van der Waals surface area contributed by atoms with Crippen molar-refractivity contribution in [3.05, 3.63) is 18.2 Å². The lowest BCUT2D eigenvalue weighted by Gasteiger charge is -2.15. The topological polar surface area (TPSA) is 58.4 Å². The van der Waals surface area contributed by atoms with Gasteiger partial charge in [-0.25, -0.2) is 0 Å². The Balaban J connectivity index is 2.94. The maximum Gasteiger partial charge on any atom is 0.221 e. The van der Waals surface area contributed by atoms with Crippen LogP contribution >= 0.6 is 0 Å². The fourth-order valence-electron chi connectivity index (χ4n) is 1.24. The summed E-state index contributed by atoms with van der Waals surface area (Å²) in [4.78, 5) is 12.7. The zero-order valence-corrected chi connectivity index (χ0v) is 8.66. The van der Waals surface area contributed by atoms with Crippen molar-refractivity contribution in [2.45, 2.75) is 6.92 Å². The van der Waals surface area contributed by atoms with Crippen molar-refractivity contribution in [3.8, 4) is 0 Å². The molecule has 0 atom stereocenters. The van der Waals surface area contributed by atoms with Gasteiger partial charge in [-0.2, -0.15) is 0 Å². The highest BCUT2D eigenvalue weighted by atomic mass is 16.1. The van der Waals surface area contributed by atoms with Crippen molar-refractivity contribution >= 4 is 23.0 Å². The lowest BCUT2D eigenvalue weighted by atomic mass is 10.2. The van der Waals surface area contributed by atoms with Crippen LogP contribution in [0.4, 0.5) is 17.1 Å². The van der Waals surface area contributed by atoms with E-state index in [1.54, 1.807) is 6.07 Å².